The Kier molecular flexibility index (Phi) is 3.45. The molecule has 17 heavy (non-hydrogen) atoms. The van der Waals surface area contributed by atoms with Crippen LogP contribution in [0.1, 0.15) is 18.6 Å². The van der Waals surface area contributed by atoms with Crippen molar-refractivity contribution in [2.75, 3.05) is 7.11 Å². The smallest absolute Gasteiger partial charge is 0.118 e. The zero-order valence-electron chi connectivity index (χ0n) is 10.1. The van der Waals surface area contributed by atoms with Gasteiger partial charge in [-0.3, -0.25) is 0 Å². The third-order valence-electron chi connectivity index (χ3n) is 2.82. The molecule has 2 aromatic rings. The molecule has 0 radical (unpaired) electrons. The maximum absolute atomic E-state index is 9.44. The maximum atomic E-state index is 9.44. The highest BCUT2D eigenvalue weighted by Crippen LogP contribution is 2.23. The lowest BCUT2D eigenvalue weighted by molar-refractivity contribution is 0.199. The topological polar surface area (TPSA) is 29.5 Å². The minimum absolute atomic E-state index is 0.417. The Balaban J connectivity index is 2.26. The molecule has 2 rings (SSSR count). The SMILES string of the molecule is COc1ccc(-c2ccc(C(C)O)cc2)cc1. The van der Waals surface area contributed by atoms with Crippen molar-refractivity contribution in [3.63, 3.8) is 0 Å². The lowest BCUT2D eigenvalue weighted by Crippen LogP contribution is -1.90. The van der Waals surface area contributed by atoms with E-state index in [2.05, 4.69) is 0 Å². The molecule has 1 atom stereocenters. The van der Waals surface area contributed by atoms with Crippen molar-refractivity contribution >= 4 is 0 Å². The normalized spacial score (nSPS) is 12.2. The molecule has 2 heteroatoms. The van der Waals surface area contributed by atoms with Crippen LogP contribution < -0.4 is 4.74 Å². The van der Waals surface area contributed by atoms with E-state index in [1.807, 2.05) is 48.5 Å². The van der Waals surface area contributed by atoms with Crippen LogP contribution in [0.5, 0.6) is 5.75 Å². The standard InChI is InChI=1S/C15H16O2/c1-11(16)12-3-5-13(6-4-12)14-7-9-15(17-2)10-8-14/h3-11,16H,1-2H3. The first-order chi connectivity index (χ1) is 8.20. The Morgan fingerprint density at radius 3 is 1.76 bits per heavy atom. The number of hydrogen-bond donors (Lipinski definition) is 1. The van der Waals surface area contributed by atoms with E-state index in [4.69, 9.17) is 4.74 Å². The zero-order valence-corrected chi connectivity index (χ0v) is 10.1. The fourth-order valence-electron chi connectivity index (χ4n) is 1.74. The second-order valence-electron chi connectivity index (χ2n) is 4.03. The van der Waals surface area contributed by atoms with Crippen LogP contribution in [-0.4, -0.2) is 12.2 Å². The van der Waals surface area contributed by atoms with E-state index >= 15 is 0 Å². The molecule has 0 fully saturated rings. The van der Waals surface area contributed by atoms with Crippen LogP contribution in [0.4, 0.5) is 0 Å². The number of methoxy groups -OCH3 is 1. The van der Waals surface area contributed by atoms with Crippen molar-refractivity contribution in [3.05, 3.63) is 54.1 Å². The fourth-order valence-corrected chi connectivity index (χ4v) is 1.74. The van der Waals surface area contributed by atoms with Crippen molar-refractivity contribution < 1.29 is 9.84 Å². The highest BCUT2D eigenvalue weighted by atomic mass is 16.5. The monoisotopic (exact) mass is 228 g/mol. The van der Waals surface area contributed by atoms with Crippen molar-refractivity contribution in [1.82, 2.24) is 0 Å². The van der Waals surface area contributed by atoms with E-state index in [1.165, 1.54) is 0 Å². The van der Waals surface area contributed by atoms with Gasteiger partial charge in [-0.2, -0.15) is 0 Å². The fraction of sp³-hybridized carbons (Fsp3) is 0.200. The Bertz CT molecular complexity index is 469. The van der Waals surface area contributed by atoms with Crippen molar-refractivity contribution in [2.45, 2.75) is 13.0 Å². The second kappa shape index (κ2) is 5.02. The number of hydrogen-bond acceptors (Lipinski definition) is 2. The molecule has 0 aliphatic carbocycles. The second-order valence-corrected chi connectivity index (χ2v) is 4.03. The summed E-state index contributed by atoms with van der Waals surface area (Å²) in [5.41, 5.74) is 3.21. The molecule has 1 N–H and O–H groups in total. The molecule has 1 unspecified atom stereocenters. The van der Waals surface area contributed by atoms with Crippen molar-refractivity contribution in [2.24, 2.45) is 0 Å². The molecule has 2 aromatic carbocycles. The van der Waals surface area contributed by atoms with Gasteiger partial charge in [-0.15, -0.1) is 0 Å². The third kappa shape index (κ3) is 2.66. The minimum Gasteiger partial charge on any atom is -0.497 e. The molecule has 0 aliphatic heterocycles. The van der Waals surface area contributed by atoms with Gasteiger partial charge >= 0.3 is 0 Å². The maximum Gasteiger partial charge on any atom is 0.118 e. The summed E-state index contributed by atoms with van der Waals surface area (Å²) in [6.45, 7) is 1.77. The van der Waals surface area contributed by atoms with Gasteiger partial charge in [0.15, 0.2) is 0 Å². The van der Waals surface area contributed by atoms with Gasteiger partial charge in [-0.05, 0) is 35.7 Å². The van der Waals surface area contributed by atoms with E-state index < -0.39 is 6.10 Å². The van der Waals surface area contributed by atoms with Crippen molar-refractivity contribution in [1.29, 1.82) is 0 Å². The van der Waals surface area contributed by atoms with Gasteiger partial charge in [-0.1, -0.05) is 36.4 Å². The number of aliphatic hydroxyl groups excluding tert-OH is 1. The van der Waals surface area contributed by atoms with Gasteiger partial charge in [0.25, 0.3) is 0 Å². The molecule has 0 saturated heterocycles. The zero-order chi connectivity index (χ0) is 12.3. The highest BCUT2D eigenvalue weighted by Gasteiger charge is 2.02. The Hall–Kier alpha value is -1.80. The van der Waals surface area contributed by atoms with Crippen LogP contribution in [0, 0.1) is 0 Å². The van der Waals surface area contributed by atoms with Crippen LogP contribution in [0.2, 0.25) is 0 Å². The summed E-state index contributed by atoms with van der Waals surface area (Å²) in [5, 5.41) is 9.44. The summed E-state index contributed by atoms with van der Waals surface area (Å²) in [4.78, 5) is 0. The average molecular weight is 228 g/mol. The molecule has 0 spiro atoms. The van der Waals surface area contributed by atoms with Crippen LogP contribution in [0.15, 0.2) is 48.5 Å². The predicted octanol–water partition coefficient (Wildman–Crippen LogP) is 3.42. The van der Waals surface area contributed by atoms with Gasteiger partial charge in [0.1, 0.15) is 5.75 Å². The molecule has 0 aromatic heterocycles. The molecule has 88 valence electrons. The van der Waals surface area contributed by atoms with Crippen LogP contribution >= 0.6 is 0 Å². The molecule has 0 saturated carbocycles. The summed E-state index contributed by atoms with van der Waals surface area (Å²) in [6, 6.07) is 15.9. The molecule has 0 bridgehead atoms. The lowest BCUT2D eigenvalue weighted by atomic mass is 10.0. The van der Waals surface area contributed by atoms with Gasteiger partial charge in [0.2, 0.25) is 0 Å². The van der Waals surface area contributed by atoms with Gasteiger partial charge in [0.05, 0.1) is 13.2 Å². The highest BCUT2D eigenvalue weighted by molar-refractivity contribution is 5.64. The molecule has 0 heterocycles. The van der Waals surface area contributed by atoms with Crippen LogP contribution in [-0.2, 0) is 0 Å². The molecule has 2 nitrogen and oxygen atoms in total. The number of rotatable bonds is 3. The first kappa shape index (κ1) is 11.7. The average Bonchev–Trinajstić information content (AvgIpc) is 2.39. The van der Waals surface area contributed by atoms with E-state index in [-0.39, 0.29) is 0 Å². The van der Waals surface area contributed by atoms with Crippen molar-refractivity contribution in [3.8, 4) is 16.9 Å². The summed E-state index contributed by atoms with van der Waals surface area (Å²) in [6.07, 6.45) is -0.417. The van der Waals surface area contributed by atoms with E-state index in [0.717, 1.165) is 22.4 Å². The number of ether oxygens (including phenoxy) is 1. The summed E-state index contributed by atoms with van der Waals surface area (Å²) in [7, 11) is 1.66. The Morgan fingerprint density at radius 1 is 0.882 bits per heavy atom. The minimum atomic E-state index is -0.417. The Morgan fingerprint density at radius 2 is 1.35 bits per heavy atom. The lowest BCUT2D eigenvalue weighted by Gasteiger charge is -2.07. The summed E-state index contributed by atoms with van der Waals surface area (Å²) >= 11 is 0. The summed E-state index contributed by atoms with van der Waals surface area (Å²) in [5.74, 6) is 0.856. The van der Waals surface area contributed by atoms with Gasteiger partial charge in [-0.25, -0.2) is 0 Å². The number of benzene rings is 2. The molecular weight excluding hydrogens is 212 g/mol. The Labute approximate surface area is 101 Å². The van der Waals surface area contributed by atoms with E-state index in [0.29, 0.717) is 0 Å². The largest absolute Gasteiger partial charge is 0.497 e. The van der Waals surface area contributed by atoms with Gasteiger partial charge in [0, 0.05) is 0 Å². The van der Waals surface area contributed by atoms with Crippen LogP contribution in [0.3, 0.4) is 0 Å². The van der Waals surface area contributed by atoms with Gasteiger partial charge < -0.3 is 9.84 Å². The third-order valence-corrected chi connectivity index (χ3v) is 2.82. The number of aliphatic hydroxyl groups is 1. The molecule has 0 aliphatic rings. The molecule has 0 amide bonds. The van der Waals surface area contributed by atoms with E-state index in [9.17, 15) is 5.11 Å². The molecular formula is C15H16O2. The quantitative estimate of drug-likeness (QED) is 0.872. The predicted molar refractivity (Wildman–Crippen MR) is 69.1 cm³/mol. The van der Waals surface area contributed by atoms with Crippen LogP contribution in [0.25, 0.3) is 11.1 Å². The first-order valence-corrected chi connectivity index (χ1v) is 5.63. The first-order valence-electron chi connectivity index (χ1n) is 5.63. The van der Waals surface area contributed by atoms with E-state index in [1.54, 1.807) is 14.0 Å². The summed E-state index contributed by atoms with van der Waals surface area (Å²) < 4.78 is 5.12.